The Morgan fingerprint density at radius 1 is 1.25 bits per heavy atom. The van der Waals surface area contributed by atoms with E-state index in [-0.39, 0.29) is 6.42 Å². The Morgan fingerprint density at radius 3 is 2.25 bits per heavy atom. The molecule has 0 heterocycles. The normalized spacial score (nSPS) is 15.5. The highest BCUT2D eigenvalue weighted by atomic mass is 19.4. The lowest BCUT2D eigenvalue weighted by atomic mass is 10.1. The molecule has 0 aromatic rings. The summed E-state index contributed by atoms with van der Waals surface area (Å²) < 4.78 is 38.2. The van der Waals surface area contributed by atoms with Crippen molar-refractivity contribution in [3.63, 3.8) is 0 Å². The molecule has 112 valence electrons. The van der Waals surface area contributed by atoms with Gasteiger partial charge in [0.15, 0.2) is 0 Å². The minimum atomic E-state index is -4.31. The van der Waals surface area contributed by atoms with Crippen molar-refractivity contribution in [3.8, 4) is 0 Å². The highest BCUT2D eigenvalue weighted by molar-refractivity contribution is 6.01. The highest BCUT2D eigenvalue weighted by Gasteiger charge is 2.31. The zero-order chi connectivity index (χ0) is 15.8. The maximum absolute atomic E-state index is 12.7. The molecule has 0 fully saturated rings. The monoisotopic (exact) mass is 286 g/mol. The molecule has 0 saturated carbocycles. The summed E-state index contributed by atoms with van der Waals surface area (Å²) in [5, 5.41) is 0. The molecule has 0 spiro atoms. The maximum atomic E-state index is 12.7. The fourth-order valence-corrected chi connectivity index (χ4v) is 1.39. The van der Waals surface area contributed by atoms with Crippen molar-refractivity contribution in [2.75, 3.05) is 0 Å². The van der Waals surface area contributed by atoms with Crippen molar-refractivity contribution in [3.05, 3.63) is 47.9 Å². The average molecular weight is 286 g/mol. The van der Waals surface area contributed by atoms with E-state index in [4.69, 9.17) is 5.73 Å². The van der Waals surface area contributed by atoms with Crippen molar-refractivity contribution in [1.29, 1.82) is 0 Å². The lowest BCUT2D eigenvalue weighted by Gasteiger charge is -2.10. The molecule has 5 heteroatoms. The lowest BCUT2D eigenvalue weighted by molar-refractivity contribution is -0.0940. The van der Waals surface area contributed by atoms with Crippen LogP contribution >= 0.6 is 0 Å². The van der Waals surface area contributed by atoms with Crippen LogP contribution in [0.25, 0.3) is 0 Å². The van der Waals surface area contributed by atoms with E-state index in [0.29, 0.717) is 23.4 Å². The molecule has 0 saturated heterocycles. The minimum Gasteiger partial charge on any atom is -0.401 e. The van der Waals surface area contributed by atoms with E-state index >= 15 is 0 Å². The molecule has 0 amide bonds. The first-order chi connectivity index (χ1) is 9.22. The molecule has 20 heavy (non-hydrogen) atoms. The second-order valence-corrected chi connectivity index (χ2v) is 4.35. The van der Waals surface area contributed by atoms with E-state index in [0.717, 1.165) is 6.08 Å². The summed E-state index contributed by atoms with van der Waals surface area (Å²) in [7, 11) is 0. The third-order valence-corrected chi connectivity index (χ3v) is 2.45. The molecule has 2 nitrogen and oxygen atoms in total. The van der Waals surface area contributed by atoms with Gasteiger partial charge in [0, 0.05) is 23.2 Å². The van der Waals surface area contributed by atoms with Crippen molar-refractivity contribution in [2.45, 2.75) is 39.8 Å². The van der Waals surface area contributed by atoms with Crippen molar-refractivity contribution >= 4 is 5.71 Å². The largest absolute Gasteiger partial charge is 0.412 e. The van der Waals surface area contributed by atoms with Gasteiger partial charge in [0.05, 0.1) is 0 Å². The Balaban J connectivity index is 5.38. The van der Waals surface area contributed by atoms with E-state index in [1.165, 1.54) is 18.4 Å². The molecule has 2 N–H and O–H groups in total. The van der Waals surface area contributed by atoms with Crippen molar-refractivity contribution in [2.24, 2.45) is 10.7 Å². The SMILES string of the molecule is C=CC(=C\C=C(/CCC)C(F)(F)F)/C(C)=N\C=C(/C)N. The van der Waals surface area contributed by atoms with Crippen LogP contribution in [0.1, 0.15) is 33.6 Å². The first-order valence-electron chi connectivity index (χ1n) is 6.29. The number of hydrogen-bond acceptors (Lipinski definition) is 2. The first kappa shape index (κ1) is 18.2. The first-order valence-corrected chi connectivity index (χ1v) is 6.29. The third kappa shape index (κ3) is 6.97. The van der Waals surface area contributed by atoms with Gasteiger partial charge >= 0.3 is 6.18 Å². The Bertz CT molecular complexity index is 448. The molecular weight excluding hydrogens is 265 g/mol. The number of halogens is 3. The van der Waals surface area contributed by atoms with Crippen LogP contribution in [0.15, 0.2) is 52.8 Å². The summed E-state index contributed by atoms with van der Waals surface area (Å²) in [4.78, 5) is 4.06. The van der Waals surface area contributed by atoms with Gasteiger partial charge in [-0.15, -0.1) is 0 Å². The van der Waals surface area contributed by atoms with Crippen LogP contribution in [0.2, 0.25) is 0 Å². The van der Waals surface area contributed by atoms with Gasteiger partial charge in [-0.2, -0.15) is 13.2 Å². The highest BCUT2D eigenvalue weighted by Crippen LogP contribution is 2.29. The van der Waals surface area contributed by atoms with E-state index in [1.807, 2.05) is 0 Å². The summed E-state index contributed by atoms with van der Waals surface area (Å²) in [6.45, 7) is 8.66. The summed E-state index contributed by atoms with van der Waals surface area (Å²) in [6, 6.07) is 0. The lowest BCUT2D eigenvalue weighted by Crippen LogP contribution is -2.11. The molecule has 0 aliphatic heterocycles. The van der Waals surface area contributed by atoms with Crippen LogP contribution in [-0.4, -0.2) is 11.9 Å². The molecule has 0 radical (unpaired) electrons. The van der Waals surface area contributed by atoms with E-state index < -0.39 is 11.7 Å². The zero-order valence-corrected chi connectivity index (χ0v) is 12.1. The van der Waals surface area contributed by atoms with Gasteiger partial charge in [-0.1, -0.05) is 38.2 Å². The topological polar surface area (TPSA) is 38.4 Å². The molecule has 0 aliphatic carbocycles. The number of rotatable bonds is 6. The van der Waals surface area contributed by atoms with E-state index in [9.17, 15) is 13.2 Å². The Labute approximate surface area is 118 Å². The van der Waals surface area contributed by atoms with Gasteiger partial charge < -0.3 is 5.73 Å². The summed E-state index contributed by atoms with van der Waals surface area (Å²) in [5.41, 5.74) is 6.49. The van der Waals surface area contributed by atoms with Crippen LogP contribution in [0.4, 0.5) is 13.2 Å². The molecule has 0 rings (SSSR count). The van der Waals surface area contributed by atoms with Crippen LogP contribution < -0.4 is 5.73 Å². The number of nitrogens with zero attached hydrogens (tertiary/aromatic N) is 1. The second-order valence-electron chi connectivity index (χ2n) is 4.35. The van der Waals surface area contributed by atoms with Gasteiger partial charge in [0.2, 0.25) is 0 Å². The van der Waals surface area contributed by atoms with Crippen LogP contribution in [0.5, 0.6) is 0 Å². The fourth-order valence-electron chi connectivity index (χ4n) is 1.39. The number of aliphatic imine (C=N–C) groups is 1. The van der Waals surface area contributed by atoms with Crippen molar-refractivity contribution < 1.29 is 13.2 Å². The van der Waals surface area contributed by atoms with E-state index in [2.05, 4.69) is 11.6 Å². The zero-order valence-electron chi connectivity index (χ0n) is 12.1. The van der Waals surface area contributed by atoms with Gasteiger partial charge in [0.25, 0.3) is 0 Å². The minimum absolute atomic E-state index is 0.0115. The molecular formula is C15H21F3N2. The average Bonchev–Trinajstić information content (AvgIpc) is 2.34. The molecule has 0 aromatic carbocycles. The molecule has 0 aliphatic rings. The van der Waals surface area contributed by atoms with Crippen LogP contribution in [-0.2, 0) is 0 Å². The molecule has 0 bridgehead atoms. The second kappa shape index (κ2) is 8.40. The Morgan fingerprint density at radius 2 is 1.85 bits per heavy atom. The quantitative estimate of drug-likeness (QED) is 0.559. The fraction of sp³-hybridized carbons (Fsp3) is 0.400. The van der Waals surface area contributed by atoms with Gasteiger partial charge in [-0.05, 0) is 25.8 Å². The Kier molecular flexibility index (Phi) is 7.65. The van der Waals surface area contributed by atoms with Crippen LogP contribution in [0.3, 0.4) is 0 Å². The molecule has 0 atom stereocenters. The van der Waals surface area contributed by atoms with E-state index in [1.54, 1.807) is 20.8 Å². The number of hydrogen-bond donors (Lipinski definition) is 1. The number of allylic oxidation sites excluding steroid dienone is 6. The number of alkyl halides is 3. The maximum Gasteiger partial charge on any atom is 0.412 e. The van der Waals surface area contributed by atoms with Crippen molar-refractivity contribution in [1.82, 2.24) is 0 Å². The van der Waals surface area contributed by atoms with Gasteiger partial charge in [-0.3, -0.25) is 4.99 Å². The molecule has 0 aromatic heterocycles. The summed E-state index contributed by atoms with van der Waals surface area (Å²) >= 11 is 0. The van der Waals surface area contributed by atoms with Crippen LogP contribution in [0, 0.1) is 0 Å². The predicted octanol–water partition coefficient (Wildman–Crippen LogP) is 4.67. The third-order valence-electron chi connectivity index (χ3n) is 2.45. The smallest absolute Gasteiger partial charge is 0.401 e. The summed E-state index contributed by atoms with van der Waals surface area (Å²) in [5.74, 6) is 0. The predicted molar refractivity (Wildman–Crippen MR) is 78.4 cm³/mol. The number of nitrogens with two attached hydrogens (primary N) is 1. The Hall–Kier alpha value is -1.78. The van der Waals surface area contributed by atoms with Gasteiger partial charge in [0.1, 0.15) is 0 Å². The standard InChI is InChI=1S/C15H21F3N2/c1-5-7-14(15(16,17)18)9-8-13(6-2)12(4)20-10-11(3)19/h6,8-10H,2,5,7,19H2,1,3-4H3/b11-10+,13-8+,14-9+,20-12-. The summed E-state index contributed by atoms with van der Waals surface area (Å²) in [6.07, 6.45) is 1.50. The van der Waals surface area contributed by atoms with Gasteiger partial charge in [-0.25, -0.2) is 0 Å². The molecule has 0 unspecified atom stereocenters.